The molecule has 108 valence electrons. The number of fused-ring (bicyclic) bond motifs is 1. The van der Waals surface area contributed by atoms with Crippen molar-refractivity contribution < 1.29 is 17.9 Å². The lowest BCUT2D eigenvalue weighted by molar-refractivity contribution is -0.782. The van der Waals surface area contributed by atoms with E-state index in [0.29, 0.717) is 5.69 Å². The van der Waals surface area contributed by atoms with E-state index in [-0.39, 0.29) is 27.4 Å². The van der Waals surface area contributed by atoms with E-state index < -0.39 is 10.0 Å². The Bertz CT molecular complexity index is 877. The van der Waals surface area contributed by atoms with Crippen LogP contribution in [0.25, 0.3) is 11.0 Å². The van der Waals surface area contributed by atoms with Crippen molar-refractivity contribution in [2.24, 2.45) is 0 Å². The summed E-state index contributed by atoms with van der Waals surface area (Å²) in [5.74, 6) is 0. The van der Waals surface area contributed by atoms with E-state index >= 15 is 0 Å². The molecule has 0 aliphatic heterocycles. The van der Waals surface area contributed by atoms with Gasteiger partial charge in [0.1, 0.15) is 0 Å². The SMILES string of the molecule is O=S(=O)(NCc1ccccn1)c1ccc2no[n+]([O-])c2c1. The van der Waals surface area contributed by atoms with E-state index in [4.69, 9.17) is 0 Å². The average Bonchev–Trinajstić information content (AvgIpc) is 2.87. The number of aromatic nitrogens is 3. The zero-order chi connectivity index (χ0) is 14.9. The molecular weight excluding hydrogens is 296 g/mol. The van der Waals surface area contributed by atoms with Crippen LogP contribution in [0.3, 0.4) is 0 Å². The van der Waals surface area contributed by atoms with Gasteiger partial charge in [-0.2, -0.15) is 0 Å². The number of hydrogen-bond acceptors (Lipinski definition) is 6. The third-order valence-electron chi connectivity index (χ3n) is 2.84. The Hall–Kier alpha value is -2.52. The summed E-state index contributed by atoms with van der Waals surface area (Å²) >= 11 is 0. The lowest BCUT2D eigenvalue weighted by atomic mass is 10.3. The first-order valence-corrected chi connectivity index (χ1v) is 7.44. The van der Waals surface area contributed by atoms with E-state index in [2.05, 4.69) is 19.5 Å². The minimum Gasteiger partial charge on any atom is -0.359 e. The molecule has 0 spiro atoms. The van der Waals surface area contributed by atoms with Gasteiger partial charge in [-0.1, -0.05) is 6.07 Å². The highest BCUT2D eigenvalue weighted by molar-refractivity contribution is 7.89. The standard InChI is InChI=1S/C12H10N4O4S/c17-16-12-7-10(4-5-11(12)15-20-16)21(18,19)14-8-9-3-1-2-6-13-9/h1-7,14H,8H2. The predicted octanol–water partition coefficient (Wildman–Crippen LogP) is 0.335. The van der Waals surface area contributed by atoms with Crippen LogP contribution in [-0.4, -0.2) is 18.6 Å². The van der Waals surface area contributed by atoms with Crippen molar-refractivity contribution in [1.29, 1.82) is 0 Å². The van der Waals surface area contributed by atoms with Crippen LogP contribution in [0.15, 0.2) is 52.1 Å². The quantitative estimate of drug-likeness (QED) is 0.695. The highest BCUT2D eigenvalue weighted by atomic mass is 32.2. The normalized spacial score (nSPS) is 11.8. The van der Waals surface area contributed by atoms with Crippen LogP contribution in [0.5, 0.6) is 0 Å². The zero-order valence-corrected chi connectivity index (χ0v) is 11.4. The van der Waals surface area contributed by atoms with Crippen LogP contribution in [-0.2, 0) is 16.6 Å². The molecule has 0 saturated heterocycles. The number of nitrogens with one attached hydrogen (secondary N) is 1. The molecule has 21 heavy (non-hydrogen) atoms. The second kappa shape index (κ2) is 5.11. The minimum absolute atomic E-state index is 0.0428. The Morgan fingerprint density at radius 3 is 2.90 bits per heavy atom. The van der Waals surface area contributed by atoms with E-state index in [0.717, 1.165) is 0 Å². The summed E-state index contributed by atoms with van der Waals surface area (Å²) in [6.45, 7) is 0.0578. The molecule has 0 radical (unpaired) electrons. The van der Waals surface area contributed by atoms with Crippen LogP contribution in [0.2, 0.25) is 0 Å². The van der Waals surface area contributed by atoms with Crippen LogP contribution in [0.1, 0.15) is 5.69 Å². The van der Waals surface area contributed by atoms with Gasteiger partial charge in [-0.3, -0.25) is 9.61 Å². The maximum Gasteiger partial charge on any atom is 0.248 e. The molecule has 9 heteroatoms. The second-order valence-electron chi connectivity index (χ2n) is 4.23. The molecule has 0 saturated carbocycles. The van der Waals surface area contributed by atoms with Crippen molar-refractivity contribution in [2.75, 3.05) is 0 Å². The Kier molecular flexibility index (Phi) is 3.28. The minimum atomic E-state index is -3.76. The van der Waals surface area contributed by atoms with E-state index in [1.165, 1.54) is 18.2 Å². The molecule has 0 bridgehead atoms. The fourth-order valence-corrected chi connectivity index (χ4v) is 2.79. The summed E-state index contributed by atoms with van der Waals surface area (Å²) in [5.41, 5.74) is 0.926. The fraction of sp³-hybridized carbons (Fsp3) is 0.0833. The molecule has 1 aromatic carbocycles. The second-order valence-corrected chi connectivity index (χ2v) is 5.99. The highest BCUT2D eigenvalue weighted by Gasteiger charge is 2.18. The number of rotatable bonds is 4. The molecule has 3 rings (SSSR count). The van der Waals surface area contributed by atoms with Gasteiger partial charge in [0.05, 0.1) is 17.1 Å². The summed E-state index contributed by atoms with van der Waals surface area (Å²) in [7, 11) is -3.76. The lowest BCUT2D eigenvalue weighted by Gasteiger charge is -2.05. The van der Waals surface area contributed by atoms with E-state index in [1.807, 2.05) is 0 Å². The van der Waals surface area contributed by atoms with Gasteiger partial charge in [0.25, 0.3) is 0 Å². The third kappa shape index (κ3) is 2.69. The van der Waals surface area contributed by atoms with Gasteiger partial charge in [-0.25, -0.2) is 13.1 Å². The van der Waals surface area contributed by atoms with Crippen LogP contribution in [0, 0.1) is 5.21 Å². The molecule has 8 nitrogen and oxygen atoms in total. The molecule has 3 aromatic rings. The molecule has 2 heterocycles. The van der Waals surface area contributed by atoms with Gasteiger partial charge in [-0.15, -0.1) is 0 Å². The maximum absolute atomic E-state index is 12.2. The van der Waals surface area contributed by atoms with E-state index in [9.17, 15) is 13.6 Å². The largest absolute Gasteiger partial charge is 0.359 e. The topological polar surface area (TPSA) is 112 Å². The fourth-order valence-electron chi connectivity index (χ4n) is 1.77. The summed E-state index contributed by atoms with van der Waals surface area (Å²) in [6, 6.07) is 9.18. The number of nitrogens with zero attached hydrogens (tertiary/aromatic N) is 3. The highest BCUT2D eigenvalue weighted by Crippen LogP contribution is 2.15. The molecular formula is C12H10N4O4S. The van der Waals surface area contributed by atoms with Crippen molar-refractivity contribution in [3.05, 3.63) is 53.5 Å². The molecule has 0 aliphatic rings. The molecule has 0 amide bonds. The van der Waals surface area contributed by atoms with Crippen molar-refractivity contribution >= 4 is 21.1 Å². The third-order valence-corrected chi connectivity index (χ3v) is 4.24. The maximum atomic E-state index is 12.2. The van der Waals surface area contributed by atoms with Gasteiger partial charge in [0, 0.05) is 17.4 Å². The molecule has 1 N–H and O–H groups in total. The first kappa shape index (κ1) is 13.5. The van der Waals surface area contributed by atoms with E-state index in [1.54, 1.807) is 24.4 Å². The van der Waals surface area contributed by atoms with Gasteiger partial charge in [-0.05, 0) is 29.2 Å². The Labute approximate surface area is 119 Å². The Morgan fingerprint density at radius 1 is 1.29 bits per heavy atom. The van der Waals surface area contributed by atoms with Crippen molar-refractivity contribution in [3.63, 3.8) is 0 Å². The summed E-state index contributed by atoms with van der Waals surface area (Å²) in [6.07, 6.45) is 1.58. The van der Waals surface area contributed by atoms with Gasteiger partial charge >= 0.3 is 0 Å². The van der Waals surface area contributed by atoms with Crippen molar-refractivity contribution in [2.45, 2.75) is 11.4 Å². The lowest BCUT2D eigenvalue weighted by Crippen LogP contribution is -2.25. The monoisotopic (exact) mass is 306 g/mol. The van der Waals surface area contributed by atoms with Crippen LogP contribution >= 0.6 is 0 Å². The number of hydrogen-bond donors (Lipinski definition) is 1. The van der Waals surface area contributed by atoms with Crippen molar-refractivity contribution in [1.82, 2.24) is 14.9 Å². The summed E-state index contributed by atoms with van der Waals surface area (Å²) in [5, 5.41) is 14.8. The predicted molar refractivity (Wildman–Crippen MR) is 71.2 cm³/mol. The van der Waals surface area contributed by atoms with Crippen LogP contribution < -0.4 is 9.63 Å². The summed E-state index contributed by atoms with van der Waals surface area (Å²) in [4.78, 5) is 4.14. The van der Waals surface area contributed by atoms with Gasteiger partial charge in [0.15, 0.2) is 0 Å². The smallest absolute Gasteiger partial charge is 0.248 e. The number of pyridine rings is 1. The first-order valence-electron chi connectivity index (χ1n) is 5.95. The zero-order valence-electron chi connectivity index (χ0n) is 10.6. The van der Waals surface area contributed by atoms with Gasteiger partial charge in [0.2, 0.25) is 21.1 Å². The van der Waals surface area contributed by atoms with Gasteiger partial charge < -0.3 is 5.21 Å². The number of sulfonamides is 1. The first-order chi connectivity index (χ1) is 10.1. The molecule has 0 atom stereocenters. The van der Waals surface area contributed by atoms with Crippen LogP contribution in [0.4, 0.5) is 0 Å². The Morgan fingerprint density at radius 2 is 2.14 bits per heavy atom. The molecule has 2 aromatic heterocycles. The average molecular weight is 306 g/mol. The molecule has 0 unspecified atom stereocenters. The number of benzene rings is 1. The molecule has 0 aliphatic carbocycles. The molecule has 0 fully saturated rings. The summed E-state index contributed by atoms with van der Waals surface area (Å²) < 4.78 is 31.2. The van der Waals surface area contributed by atoms with Crippen molar-refractivity contribution in [3.8, 4) is 0 Å². The Balaban J connectivity index is 1.87.